The fourth-order valence-electron chi connectivity index (χ4n) is 2.19. The van der Waals surface area contributed by atoms with E-state index in [9.17, 15) is 10.1 Å². The smallest absolute Gasteiger partial charge is 0.247 e. The topological polar surface area (TPSA) is 109 Å². The first kappa shape index (κ1) is 13.6. The van der Waals surface area contributed by atoms with E-state index in [1.165, 1.54) is 12.3 Å². The summed E-state index contributed by atoms with van der Waals surface area (Å²) < 4.78 is 5.55. The van der Waals surface area contributed by atoms with E-state index >= 15 is 0 Å². The summed E-state index contributed by atoms with van der Waals surface area (Å²) in [5, 5.41) is 9.32. The molecule has 3 aromatic heterocycles. The van der Waals surface area contributed by atoms with E-state index in [-0.39, 0.29) is 16.9 Å². The van der Waals surface area contributed by atoms with Gasteiger partial charge in [0.25, 0.3) is 0 Å². The molecule has 6 nitrogen and oxygen atoms in total. The van der Waals surface area contributed by atoms with Gasteiger partial charge in [0.05, 0.1) is 0 Å². The average molecular weight is 292 g/mol. The van der Waals surface area contributed by atoms with Gasteiger partial charge in [-0.15, -0.1) is 0 Å². The summed E-state index contributed by atoms with van der Waals surface area (Å²) in [7, 11) is 0. The normalized spacial score (nSPS) is 10.4. The van der Waals surface area contributed by atoms with Crippen LogP contribution < -0.4 is 11.3 Å². The minimum atomic E-state index is -0.217. The Hall–Kier alpha value is -3.33. The first-order valence-electron chi connectivity index (χ1n) is 6.55. The molecule has 3 aromatic rings. The van der Waals surface area contributed by atoms with Crippen LogP contribution in [0.15, 0.2) is 45.7 Å². The zero-order valence-electron chi connectivity index (χ0n) is 11.8. The highest BCUT2D eigenvalue weighted by molar-refractivity contribution is 5.78. The van der Waals surface area contributed by atoms with Crippen molar-refractivity contribution in [2.24, 2.45) is 0 Å². The van der Waals surface area contributed by atoms with Crippen molar-refractivity contribution in [1.29, 1.82) is 5.26 Å². The molecule has 0 aliphatic heterocycles. The monoisotopic (exact) mass is 292 g/mol. The van der Waals surface area contributed by atoms with Gasteiger partial charge in [0.1, 0.15) is 28.9 Å². The number of furan rings is 1. The summed E-state index contributed by atoms with van der Waals surface area (Å²) >= 11 is 0. The fourth-order valence-corrected chi connectivity index (χ4v) is 2.19. The Labute approximate surface area is 125 Å². The first-order valence-corrected chi connectivity index (χ1v) is 6.55. The highest BCUT2D eigenvalue weighted by atomic mass is 16.3. The zero-order valence-corrected chi connectivity index (χ0v) is 11.8. The molecule has 0 spiro atoms. The highest BCUT2D eigenvalue weighted by Crippen LogP contribution is 2.31. The van der Waals surface area contributed by atoms with Crippen LogP contribution in [0.2, 0.25) is 0 Å². The van der Waals surface area contributed by atoms with Crippen molar-refractivity contribution in [3.8, 4) is 28.7 Å². The van der Waals surface area contributed by atoms with Crippen LogP contribution in [0.4, 0.5) is 5.82 Å². The lowest BCUT2D eigenvalue weighted by Crippen LogP contribution is -2.03. The number of anilines is 1. The summed E-state index contributed by atoms with van der Waals surface area (Å²) in [6.45, 7) is 1.83. The summed E-state index contributed by atoms with van der Waals surface area (Å²) in [5.41, 5.74) is 7.75. The second kappa shape index (κ2) is 5.22. The van der Waals surface area contributed by atoms with Gasteiger partial charge in [-0.25, -0.2) is 4.98 Å². The van der Waals surface area contributed by atoms with Gasteiger partial charge < -0.3 is 15.1 Å². The SMILES string of the molecule is Cc1ccc(-c2cc(-c3ccc(=O)[nH]c3)c(C#N)c(N)n2)o1. The number of aromatic amines is 1. The quantitative estimate of drug-likeness (QED) is 0.754. The number of nitrogens with one attached hydrogen (secondary N) is 1. The van der Waals surface area contributed by atoms with Crippen LogP contribution >= 0.6 is 0 Å². The van der Waals surface area contributed by atoms with Gasteiger partial charge in [-0.1, -0.05) is 0 Å². The van der Waals surface area contributed by atoms with Crippen LogP contribution in [0.25, 0.3) is 22.6 Å². The highest BCUT2D eigenvalue weighted by Gasteiger charge is 2.15. The van der Waals surface area contributed by atoms with Crippen molar-refractivity contribution in [3.05, 3.63) is 58.2 Å². The average Bonchev–Trinajstić information content (AvgIpc) is 2.94. The molecule has 0 amide bonds. The zero-order chi connectivity index (χ0) is 15.7. The lowest BCUT2D eigenvalue weighted by Gasteiger charge is -2.08. The van der Waals surface area contributed by atoms with E-state index in [1.807, 2.05) is 13.0 Å². The number of aryl methyl sites for hydroxylation is 1. The van der Waals surface area contributed by atoms with E-state index < -0.39 is 0 Å². The molecule has 0 aliphatic carbocycles. The summed E-state index contributed by atoms with van der Waals surface area (Å²) in [6, 6.07) is 10.4. The molecule has 3 N–H and O–H groups in total. The van der Waals surface area contributed by atoms with Crippen molar-refractivity contribution in [1.82, 2.24) is 9.97 Å². The summed E-state index contributed by atoms with van der Waals surface area (Å²) in [6.07, 6.45) is 1.54. The summed E-state index contributed by atoms with van der Waals surface area (Å²) in [4.78, 5) is 18.0. The Balaban J connectivity index is 2.23. The van der Waals surface area contributed by atoms with Crippen LogP contribution in [0, 0.1) is 18.3 Å². The number of nitrogens with zero attached hydrogens (tertiary/aromatic N) is 2. The number of nitrogen functional groups attached to an aromatic ring is 1. The maximum atomic E-state index is 11.2. The first-order chi connectivity index (χ1) is 10.6. The van der Waals surface area contributed by atoms with E-state index in [2.05, 4.69) is 16.0 Å². The van der Waals surface area contributed by atoms with Crippen molar-refractivity contribution in [2.45, 2.75) is 6.92 Å². The number of nitriles is 1. The molecule has 6 heteroatoms. The molecule has 0 bridgehead atoms. The maximum absolute atomic E-state index is 11.2. The van der Waals surface area contributed by atoms with Gasteiger partial charge in [0, 0.05) is 17.8 Å². The van der Waals surface area contributed by atoms with E-state index in [0.717, 1.165) is 5.76 Å². The molecular weight excluding hydrogens is 280 g/mol. The largest absolute Gasteiger partial charge is 0.460 e. The molecule has 3 rings (SSSR count). The van der Waals surface area contributed by atoms with Crippen LogP contribution in [0.3, 0.4) is 0 Å². The molecule has 0 aromatic carbocycles. The Kier molecular flexibility index (Phi) is 3.24. The third kappa shape index (κ3) is 2.36. The minimum absolute atomic E-state index is 0.121. The van der Waals surface area contributed by atoms with E-state index in [4.69, 9.17) is 10.2 Å². The van der Waals surface area contributed by atoms with Gasteiger partial charge >= 0.3 is 0 Å². The van der Waals surface area contributed by atoms with Gasteiger partial charge in [-0.3, -0.25) is 4.79 Å². The standard InChI is InChI=1S/C16H12N4O2/c1-9-2-4-14(22-9)13-6-11(12(7-17)16(18)20-13)10-3-5-15(21)19-8-10/h2-6,8H,1H3,(H2,18,20)(H,19,21). The van der Waals surface area contributed by atoms with Crippen molar-refractivity contribution >= 4 is 5.82 Å². The Bertz CT molecular complexity index is 927. The Morgan fingerprint density at radius 1 is 1.32 bits per heavy atom. The van der Waals surface area contributed by atoms with Gasteiger partial charge in [-0.2, -0.15) is 5.26 Å². The number of rotatable bonds is 2. The molecule has 0 fully saturated rings. The van der Waals surface area contributed by atoms with Crippen LogP contribution in [-0.2, 0) is 0 Å². The lowest BCUT2D eigenvalue weighted by molar-refractivity contribution is 0.546. The van der Waals surface area contributed by atoms with Crippen LogP contribution in [0.1, 0.15) is 11.3 Å². The van der Waals surface area contributed by atoms with Gasteiger partial charge in [0.2, 0.25) is 5.56 Å². The lowest BCUT2D eigenvalue weighted by atomic mass is 10.0. The maximum Gasteiger partial charge on any atom is 0.247 e. The molecule has 0 saturated carbocycles. The molecule has 0 radical (unpaired) electrons. The van der Waals surface area contributed by atoms with Gasteiger partial charge in [0.15, 0.2) is 5.76 Å². The summed E-state index contributed by atoms with van der Waals surface area (Å²) in [5.74, 6) is 1.44. The molecule has 0 unspecified atom stereocenters. The second-order valence-corrected chi connectivity index (χ2v) is 4.78. The Morgan fingerprint density at radius 3 is 2.73 bits per heavy atom. The number of H-pyrrole nitrogens is 1. The number of hydrogen-bond donors (Lipinski definition) is 2. The predicted octanol–water partition coefficient (Wildman–Crippen LogP) is 2.46. The number of aromatic nitrogens is 2. The minimum Gasteiger partial charge on any atom is -0.460 e. The molecule has 0 aliphatic rings. The third-order valence-electron chi connectivity index (χ3n) is 3.25. The molecule has 3 heterocycles. The molecule has 0 saturated heterocycles. The number of pyridine rings is 2. The van der Waals surface area contributed by atoms with Gasteiger partial charge in [-0.05, 0) is 36.8 Å². The fraction of sp³-hybridized carbons (Fsp3) is 0.0625. The van der Waals surface area contributed by atoms with E-state index in [0.29, 0.717) is 22.6 Å². The third-order valence-corrected chi connectivity index (χ3v) is 3.25. The number of hydrogen-bond acceptors (Lipinski definition) is 5. The molecular formula is C16H12N4O2. The predicted molar refractivity (Wildman–Crippen MR) is 81.9 cm³/mol. The number of nitrogens with two attached hydrogens (primary N) is 1. The Morgan fingerprint density at radius 2 is 2.14 bits per heavy atom. The molecule has 108 valence electrons. The molecule has 0 atom stereocenters. The van der Waals surface area contributed by atoms with Crippen molar-refractivity contribution in [2.75, 3.05) is 5.73 Å². The van der Waals surface area contributed by atoms with Crippen LogP contribution in [-0.4, -0.2) is 9.97 Å². The van der Waals surface area contributed by atoms with E-state index in [1.54, 1.807) is 18.2 Å². The molecule has 22 heavy (non-hydrogen) atoms. The van der Waals surface area contributed by atoms with Crippen molar-refractivity contribution < 1.29 is 4.42 Å². The van der Waals surface area contributed by atoms with Crippen LogP contribution in [0.5, 0.6) is 0 Å². The van der Waals surface area contributed by atoms with Crippen molar-refractivity contribution in [3.63, 3.8) is 0 Å². The second-order valence-electron chi connectivity index (χ2n) is 4.78.